The molecule has 0 radical (unpaired) electrons. The predicted octanol–water partition coefficient (Wildman–Crippen LogP) is 3.99. The zero-order chi connectivity index (χ0) is 20.2. The number of hydrogen-bond donors (Lipinski definition) is 1. The average molecular weight is 476 g/mol. The highest BCUT2D eigenvalue weighted by molar-refractivity contribution is 9.10. The third-order valence-electron chi connectivity index (χ3n) is 4.93. The number of nitrogens with one attached hydrogen (secondary N) is 1. The first-order chi connectivity index (χ1) is 14.1. The number of nitrogens with zero attached hydrogens (tertiary/aromatic N) is 5. The van der Waals surface area contributed by atoms with Gasteiger partial charge in [0.25, 0.3) is 0 Å². The van der Waals surface area contributed by atoms with Gasteiger partial charge < -0.3 is 4.90 Å². The fraction of sp³-hybridized carbons (Fsp3) is 0.300. The van der Waals surface area contributed by atoms with E-state index in [1.807, 2.05) is 36.4 Å². The van der Waals surface area contributed by atoms with Crippen molar-refractivity contribution in [3.8, 4) is 0 Å². The first-order valence-corrected chi connectivity index (χ1v) is 10.6. The summed E-state index contributed by atoms with van der Waals surface area (Å²) in [6.07, 6.45) is 4.80. The Bertz CT molecular complexity index is 967. The number of benzene rings is 1. The molecular weight excluding hydrogens is 456 g/mol. The zero-order valence-electron chi connectivity index (χ0n) is 15.6. The van der Waals surface area contributed by atoms with Crippen LogP contribution in [0, 0.1) is 5.92 Å². The lowest BCUT2D eigenvalue weighted by molar-refractivity contribution is -0.120. The topological polar surface area (TPSA) is 75.9 Å². The van der Waals surface area contributed by atoms with Gasteiger partial charge in [-0.15, -0.1) is 5.10 Å². The van der Waals surface area contributed by atoms with E-state index < -0.39 is 0 Å². The van der Waals surface area contributed by atoms with E-state index in [4.69, 9.17) is 11.6 Å². The number of carbonyl (C=O) groups is 1. The summed E-state index contributed by atoms with van der Waals surface area (Å²) in [6.45, 7) is 2.15. The Hall–Kier alpha value is -2.45. The van der Waals surface area contributed by atoms with Gasteiger partial charge in [0.2, 0.25) is 11.9 Å². The zero-order valence-corrected chi connectivity index (χ0v) is 18.0. The minimum atomic E-state index is -0.0584. The van der Waals surface area contributed by atoms with Crippen LogP contribution in [-0.4, -0.2) is 38.7 Å². The van der Waals surface area contributed by atoms with Crippen molar-refractivity contribution in [2.24, 2.45) is 5.92 Å². The molecule has 0 spiro atoms. The van der Waals surface area contributed by atoms with E-state index in [1.54, 1.807) is 17.2 Å². The van der Waals surface area contributed by atoms with Gasteiger partial charge in [-0.25, -0.2) is 14.6 Å². The molecule has 29 heavy (non-hydrogen) atoms. The first kappa shape index (κ1) is 19.8. The maximum absolute atomic E-state index is 12.6. The Morgan fingerprint density at radius 3 is 2.59 bits per heavy atom. The largest absolute Gasteiger partial charge is 0.357 e. The highest BCUT2D eigenvalue weighted by Gasteiger charge is 2.26. The molecule has 1 amide bonds. The second-order valence-corrected chi connectivity index (χ2v) is 8.33. The molecule has 150 valence electrons. The maximum atomic E-state index is 12.6. The second kappa shape index (κ2) is 8.92. The van der Waals surface area contributed by atoms with Gasteiger partial charge in [-0.2, -0.15) is 0 Å². The van der Waals surface area contributed by atoms with Gasteiger partial charge in [0.15, 0.2) is 0 Å². The monoisotopic (exact) mass is 474 g/mol. The molecule has 3 aromatic rings. The molecule has 0 unspecified atom stereocenters. The van der Waals surface area contributed by atoms with Crippen molar-refractivity contribution in [1.82, 2.24) is 19.7 Å². The highest BCUT2D eigenvalue weighted by Crippen LogP contribution is 2.23. The van der Waals surface area contributed by atoms with E-state index in [1.165, 1.54) is 0 Å². The third kappa shape index (κ3) is 5.13. The number of pyridine rings is 1. The van der Waals surface area contributed by atoms with Crippen molar-refractivity contribution in [3.63, 3.8) is 0 Å². The molecule has 1 aliphatic rings. The molecule has 0 atom stereocenters. The van der Waals surface area contributed by atoms with Crippen LogP contribution >= 0.6 is 27.5 Å². The molecule has 1 saturated heterocycles. The summed E-state index contributed by atoms with van der Waals surface area (Å²) in [7, 11) is 0. The minimum absolute atomic E-state index is 0.0323. The molecular formula is C20H20BrClN6O. The molecule has 1 aliphatic heterocycles. The van der Waals surface area contributed by atoms with Gasteiger partial charge in [0.1, 0.15) is 12.1 Å². The van der Waals surface area contributed by atoms with Crippen LogP contribution in [0.25, 0.3) is 0 Å². The van der Waals surface area contributed by atoms with E-state index in [2.05, 4.69) is 41.2 Å². The Kier molecular flexibility index (Phi) is 6.10. The molecule has 1 fully saturated rings. The Balaban J connectivity index is 1.29. The van der Waals surface area contributed by atoms with Crippen LogP contribution in [0.15, 0.2) is 53.4 Å². The van der Waals surface area contributed by atoms with Crippen molar-refractivity contribution in [3.05, 3.63) is 64.0 Å². The van der Waals surface area contributed by atoms with Crippen molar-refractivity contribution in [2.45, 2.75) is 19.4 Å². The van der Waals surface area contributed by atoms with Gasteiger partial charge in [-0.3, -0.25) is 10.1 Å². The quantitative estimate of drug-likeness (QED) is 0.604. The van der Waals surface area contributed by atoms with E-state index in [9.17, 15) is 4.79 Å². The summed E-state index contributed by atoms with van der Waals surface area (Å²) in [5, 5.41) is 7.83. The molecule has 7 nitrogen and oxygen atoms in total. The van der Waals surface area contributed by atoms with Gasteiger partial charge in [0.05, 0.1) is 11.6 Å². The minimum Gasteiger partial charge on any atom is -0.357 e. The molecule has 0 saturated carbocycles. The van der Waals surface area contributed by atoms with Crippen LogP contribution in [0.4, 0.5) is 11.8 Å². The molecule has 4 rings (SSSR count). The molecule has 3 heterocycles. The molecule has 0 aliphatic carbocycles. The molecule has 1 N–H and O–H groups in total. The smallest absolute Gasteiger partial charge is 0.248 e. The van der Waals surface area contributed by atoms with E-state index in [-0.39, 0.29) is 11.8 Å². The number of aromatic nitrogens is 4. The number of hydrogen-bond acceptors (Lipinski definition) is 5. The number of rotatable bonds is 5. The Labute approximate surface area is 182 Å². The van der Waals surface area contributed by atoms with Gasteiger partial charge in [0, 0.05) is 29.7 Å². The van der Waals surface area contributed by atoms with Crippen molar-refractivity contribution < 1.29 is 4.79 Å². The molecule has 2 aromatic heterocycles. The highest BCUT2D eigenvalue weighted by atomic mass is 79.9. The summed E-state index contributed by atoms with van der Waals surface area (Å²) in [5.41, 5.74) is 1.11. The average Bonchev–Trinajstić information content (AvgIpc) is 3.17. The fourth-order valence-electron chi connectivity index (χ4n) is 3.34. The van der Waals surface area contributed by atoms with Crippen LogP contribution in [0.2, 0.25) is 5.02 Å². The summed E-state index contributed by atoms with van der Waals surface area (Å²) in [6, 6.07) is 11.8. The maximum Gasteiger partial charge on any atom is 0.248 e. The van der Waals surface area contributed by atoms with Crippen LogP contribution in [-0.2, 0) is 11.3 Å². The lowest BCUT2D eigenvalue weighted by atomic mass is 9.96. The number of amides is 1. The summed E-state index contributed by atoms with van der Waals surface area (Å²) in [4.78, 5) is 23.3. The lowest BCUT2D eigenvalue weighted by Crippen LogP contribution is -2.38. The summed E-state index contributed by atoms with van der Waals surface area (Å²) in [5.74, 6) is 1.14. The number of carbonyl (C=O) groups excluding carboxylic acids is 1. The van der Waals surface area contributed by atoms with Crippen LogP contribution in [0.3, 0.4) is 0 Å². The van der Waals surface area contributed by atoms with Crippen LogP contribution in [0.1, 0.15) is 18.4 Å². The predicted molar refractivity (Wildman–Crippen MR) is 116 cm³/mol. The van der Waals surface area contributed by atoms with E-state index in [0.717, 1.165) is 41.8 Å². The second-order valence-electron chi connectivity index (χ2n) is 6.98. The van der Waals surface area contributed by atoms with E-state index in [0.29, 0.717) is 17.5 Å². The van der Waals surface area contributed by atoms with Crippen molar-refractivity contribution in [2.75, 3.05) is 23.3 Å². The Morgan fingerprint density at radius 1 is 1.14 bits per heavy atom. The van der Waals surface area contributed by atoms with Crippen molar-refractivity contribution in [1.29, 1.82) is 0 Å². The van der Waals surface area contributed by atoms with Gasteiger partial charge >= 0.3 is 0 Å². The first-order valence-electron chi connectivity index (χ1n) is 9.38. The van der Waals surface area contributed by atoms with Gasteiger partial charge in [-0.1, -0.05) is 39.7 Å². The number of anilines is 2. The van der Waals surface area contributed by atoms with Crippen LogP contribution < -0.4 is 10.2 Å². The summed E-state index contributed by atoms with van der Waals surface area (Å²) >= 11 is 9.32. The Morgan fingerprint density at radius 2 is 1.90 bits per heavy atom. The van der Waals surface area contributed by atoms with Crippen molar-refractivity contribution >= 4 is 45.2 Å². The lowest BCUT2D eigenvalue weighted by Gasteiger charge is -2.31. The normalized spacial score (nSPS) is 14.8. The standard InChI is InChI=1S/C20H20BrClN6O/c21-16-3-1-14(2-4-16)12-28-13-24-20(26-28)25-19(29)15-7-9-27(10-8-15)18-6-5-17(22)11-23-18/h1-6,11,13,15H,7-10,12H2,(H,25,26,29). The molecule has 1 aromatic carbocycles. The molecule has 0 bridgehead atoms. The third-order valence-corrected chi connectivity index (χ3v) is 5.68. The van der Waals surface area contributed by atoms with Crippen LogP contribution in [0.5, 0.6) is 0 Å². The van der Waals surface area contributed by atoms with E-state index >= 15 is 0 Å². The number of halogens is 2. The number of piperidine rings is 1. The molecule has 9 heteroatoms. The van der Waals surface area contributed by atoms with Gasteiger partial charge in [-0.05, 0) is 42.7 Å². The SMILES string of the molecule is O=C(Nc1ncn(Cc2ccc(Br)cc2)n1)C1CCN(c2ccc(Cl)cn2)CC1. The summed E-state index contributed by atoms with van der Waals surface area (Å²) < 4.78 is 2.75. The fourth-order valence-corrected chi connectivity index (χ4v) is 3.72.